The molecule has 3 heteroatoms. The fourth-order valence-electron chi connectivity index (χ4n) is 2.06. The minimum Gasteiger partial charge on any atom is -0.207 e. The van der Waals surface area contributed by atoms with Crippen molar-refractivity contribution >= 4 is 10.8 Å². The molecule has 0 spiro atoms. The van der Waals surface area contributed by atoms with Crippen LogP contribution in [-0.2, 0) is 0 Å². The van der Waals surface area contributed by atoms with Gasteiger partial charge in [-0.15, -0.1) is 5.10 Å². The number of aromatic nitrogens is 2. The quantitative estimate of drug-likeness (QED) is 0.645. The maximum absolute atomic E-state index is 12.9. The maximum atomic E-state index is 12.9. The molecule has 3 rings (SSSR count). The minimum absolute atomic E-state index is 0.247. The van der Waals surface area contributed by atoms with Crippen LogP contribution in [0.2, 0.25) is 0 Å². The van der Waals surface area contributed by atoms with Gasteiger partial charge in [-0.2, -0.15) is 5.10 Å². The van der Waals surface area contributed by atoms with Crippen molar-refractivity contribution in [3.63, 3.8) is 0 Å². The minimum atomic E-state index is -0.247. The SMILES string of the molecule is Cc1nnc(-c2ccc(F)cc2)c2ccccc12. The Kier molecular flexibility index (Phi) is 2.52. The van der Waals surface area contributed by atoms with E-state index in [0.717, 1.165) is 27.7 Å². The van der Waals surface area contributed by atoms with E-state index in [1.54, 1.807) is 12.1 Å². The van der Waals surface area contributed by atoms with Gasteiger partial charge in [0.2, 0.25) is 0 Å². The lowest BCUT2D eigenvalue weighted by molar-refractivity contribution is 0.628. The van der Waals surface area contributed by atoms with E-state index in [0.29, 0.717) is 0 Å². The van der Waals surface area contributed by atoms with Crippen molar-refractivity contribution < 1.29 is 4.39 Å². The van der Waals surface area contributed by atoms with Gasteiger partial charge in [0.1, 0.15) is 11.5 Å². The lowest BCUT2D eigenvalue weighted by atomic mass is 10.0. The Morgan fingerprint density at radius 2 is 1.50 bits per heavy atom. The summed E-state index contributed by atoms with van der Waals surface area (Å²) >= 11 is 0. The first-order valence-corrected chi connectivity index (χ1v) is 5.73. The normalized spacial score (nSPS) is 10.8. The summed E-state index contributed by atoms with van der Waals surface area (Å²) in [5.74, 6) is -0.247. The molecule has 0 saturated heterocycles. The van der Waals surface area contributed by atoms with Gasteiger partial charge in [-0.3, -0.25) is 0 Å². The number of rotatable bonds is 1. The molecule has 0 amide bonds. The summed E-state index contributed by atoms with van der Waals surface area (Å²) in [5, 5.41) is 10.5. The molecular weight excluding hydrogens is 227 g/mol. The first kappa shape index (κ1) is 10.8. The molecule has 0 aliphatic carbocycles. The van der Waals surface area contributed by atoms with Crippen LogP contribution < -0.4 is 0 Å². The molecule has 0 unspecified atom stereocenters. The third-order valence-electron chi connectivity index (χ3n) is 2.99. The number of aryl methyl sites for hydroxylation is 1. The molecule has 1 aromatic heterocycles. The van der Waals surface area contributed by atoms with Gasteiger partial charge in [-0.05, 0) is 31.2 Å². The van der Waals surface area contributed by atoms with Crippen LogP contribution in [0.5, 0.6) is 0 Å². The smallest absolute Gasteiger partial charge is 0.123 e. The first-order valence-electron chi connectivity index (χ1n) is 5.73. The standard InChI is InChI=1S/C15H11FN2/c1-10-13-4-2-3-5-14(13)15(18-17-10)11-6-8-12(16)9-7-11/h2-9H,1H3. The number of nitrogens with zero attached hydrogens (tertiary/aromatic N) is 2. The lowest BCUT2D eigenvalue weighted by Gasteiger charge is -2.06. The highest BCUT2D eigenvalue weighted by Crippen LogP contribution is 2.27. The van der Waals surface area contributed by atoms with E-state index < -0.39 is 0 Å². The zero-order valence-electron chi connectivity index (χ0n) is 9.89. The average molecular weight is 238 g/mol. The second-order valence-corrected chi connectivity index (χ2v) is 4.19. The van der Waals surface area contributed by atoms with E-state index in [1.807, 2.05) is 31.2 Å². The Hall–Kier alpha value is -2.29. The molecule has 0 saturated carbocycles. The molecule has 1 heterocycles. The number of halogens is 1. The highest BCUT2D eigenvalue weighted by Gasteiger charge is 2.08. The van der Waals surface area contributed by atoms with Gasteiger partial charge in [0.05, 0.1) is 5.69 Å². The molecule has 3 aromatic rings. The van der Waals surface area contributed by atoms with Gasteiger partial charge in [0.15, 0.2) is 0 Å². The van der Waals surface area contributed by atoms with Crippen molar-refractivity contribution in [2.75, 3.05) is 0 Å². The largest absolute Gasteiger partial charge is 0.207 e. The van der Waals surface area contributed by atoms with Gasteiger partial charge in [-0.1, -0.05) is 24.3 Å². The summed E-state index contributed by atoms with van der Waals surface area (Å²) in [5.41, 5.74) is 2.56. The predicted octanol–water partition coefficient (Wildman–Crippen LogP) is 3.74. The lowest BCUT2D eigenvalue weighted by Crippen LogP contribution is -1.93. The van der Waals surface area contributed by atoms with Crippen LogP contribution in [0.25, 0.3) is 22.0 Å². The average Bonchev–Trinajstić information content (AvgIpc) is 2.41. The van der Waals surface area contributed by atoms with Gasteiger partial charge >= 0.3 is 0 Å². The van der Waals surface area contributed by atoms with Crippen LogP contribution in [0, 0.1) is 12.7 Å². The van der Waals surface area contributed by atoms with Crippen molar-refractivity contribution in [1.82, 2.24) is 10.2 Å². The van der Waals surface area contributed by atoms with Crippen molar-refractivity contribution in [2.24, 2.45) is 0 Å². The maximum Gasteiger partial charge on any atom is 0.123 e. The van der Waals surface area contributed by atoms with E-state index >= 15 is 0 Å². The number of fused-ring (bicyclic) bond motifs is 1. The molecule has 88 valence electrons. The second-order valence-electron chi connectivity index (χ2n) is 4.19. The Bertz CT molecular complexity index is 705. The zero-order chi connectivity index (χ0) is 12.5. The summed E-state index contributed by atoms with van der Waals surface area (Å²) in [7, 11) is 0. The molecule has 0 radical (unpaired) electrons. The van der Waals surface area contributed by atoms with E-state index in [9.17, 15) is 4.39 Å². The molecule has 2 nitrogen and oxygen atoms in total. The van der Waals surface area contributed by atoms with Crippen LogP contribution in [0.4, 0.5) is 4.39 Å². The Labute approximate surface area is 104 Å². The fraction of sp³-hybridized carbons (Fsp3) is 0.0667. The molecule has 0 bridgehead atoms. The van der Waals surface area contributed by atoms with Crippen LogP contribution in [0.15, 0.2) is 48.5 Å². The molecule has 0 fully saturated rings. The molecular formula is C15H11FN2. The van der Waals surface area contributed by atoms with E-state index in [2.05, 4.69) is 10.2 Å². The highest BCUT2D eigenvalue weighted by molar-refractivity contribution is 5.95. The predicted molar refractivity (Wildman–Crippen MR) is 69.7 cm³/mol. The summed E-state index contributed by atoms with van der Waals surface area (Å²) in [6, 6.07) is 14.3. The molecule has 0 N–H and O–H groups in total. The zero-order valence-corrected chi connectivity index (χ0v) is 9.89. The number of benzene rings is 2. The van der Waals surface area contributed by atoms with Crippen LogP contribution >= 0.6 is 0 Å². The van der Waals surface area contributed by atoms with Gasteiger partial charge in [-0.25, -0.2) is 4.39 Å². The fourth-order valence-corrected chi connectivity index (χ4v) is 2.06. The van der Waals surface area contributed by atoms with Crippen LogP contribution in [0.1, 0.15) is 5.69 Å². The van der Waals surface area contributed by atoms with E-state index in [4.69, 9.17) is 0 Å². The highest BCUT2D eigenvalue weighted by atomic mass is 19.1. The molecule has 0 atom stereocenters. The summed E-state index contributed by atoms with van der Waals surface area (Å²) in [6.07, 6.45) is 0. The molecule has 0 aliphatic heterocycles. The van der Waals surface area contributed by atoms with Crippen molar-refractivity contribution in [1.29, 1.82) is 0 Å². The monoisotopic (exact) mass is 238 g/mol. The second kappa shape index (κ2) is 4.18. The Balaban J connectivity index is 2.30. The number of hydrogen-bond acceptors (Lipinski definition) is 2. The topological polar surface area (TPSA) is 25.8 Å². The van der Waals surface area contributed by atoms with Crippen LogP contribution in [0.3, 0.4) is 0 Å². The third kappa shape index (κ3) is 1.74. The van der Waals surface area contributed by atoms with Crippen molar-refractivity contribution in [2.45, 2.75) is 6.92 Å². The van der Waals surface area contributed by atoms with E-state index in [1.165, 1.54) is 12.1 Å². The molecule has 0 aliphatic rings. The van der Waals surface area contributed by atoms with E-state index in [-0.39, 0.29) is 5.82 Å². The Morgan fingerprint density at radius 3 is 2.22 bits per heavy atom. The molecule has 2 aromatic carbocycles. The van der Waals surface area contributed by atoms with Crippen molar-refractivity contribution in [3.8, 4) is 11.3 Å². The summed E-state index contributed by atoms with van der Waals surface area (Å²) in [6.45, 7) is 1.93. The summed E-state index contributed by atoms with van der Waals surface area (Å²) < 4.78 is 12.9. The number of hydrogen-bond donors (Lipinski definition) is 0. The van der Waals surface area contributed by atoms with Gasteiger partial charge in [0, 0.05) is 16.3 Å². The first-order chi connectivity index (χ1) is 8.75. The van der Waals surface area contributed by atoms with Gasteiger partial charge in [0.25, 0.3) is 0 Å². The van der Waals surface area contributed by atoms with Crippen LogP contribution in [-0.4, -0.2) is 10.2 Å². The third-order valence-corrected chi connectivity index (χ3v) is 2.99. The summed E-state index contributed by atoms with van der Waals surface area (Å²) in [4.78, 5) is 0. The Morgan fingerprint density at radius 1 is 0.833 bits per heavy atom. The van der Waals surface area contributed by atoms with Crippen molar-refractivity contribution in [3.05, 3.63) is 60.0 Å². The molecule has 18 heavy (non-hydrogen) atoms. The van der Waals surface area contributed by atoms with Gasteiger partial charge < -0.3 is 0 Å².